The van der Waals surface area contributed by atoms with Crippen LogP contribution in [0.2, 0.25) is 0 Å². The Morgan fingerprint density at radius 3 is 2.00 bits per heavy atom. The van der Waals surface area contributed by atoms with Crippen molar-refractivity contribution in [2.45, 2.75) is 0 Å². The molecular formula is C10H15N3O3S. The van der Waals surface area contributed by atoms with Gasteiger partial charge in [-0.25, -0.2) is 0 Å². The van der Waals surface area contributed by atoms with Gasteiger partial charge in [-0.3, -0.25) is 10.9 Å². The Morgan fingerprint density at radius 2 is 1.65 bits per heavy atom. The van der Waals surface area contributed by atoms with Gasteiger partial charge in [-0.2, -0.15) is 0 Å². The van der Waals surface area contributed by atoms with Crippen LogP contribution in [0.3, 0.4) is 0 Å². The molecule has 0 aliphatic heterocycles. The third-order valence-electron chi connectivity index (χ3n) is 1.99. The maximum absolute atomic E-state index is 5.31. The summed E-state index contributed by atoms with van der Waals surface area (Å²) in [6.45, 7) is 0. The van der Waals surface area contributed by atoms with E-state index in [1.54, 1.807) is 33.5 Å². The normalized spacial score (nSPS) is 9.35. The molecule has 0 bridgehead atoms. The first kappa shape index (κ1) is 13.2. The number of methoxy groups -OCH3 is 3. The molecule has 0 radical (unpaired) electrons. The smallest absolute Gasteiger partial charge is 0.203 e. The molecule has 0 aromatic heterocycles. The Balaban J connectivity index is 3.04. The minimum atomic E-state index is 0.138. The van der Waals surface area contributed by atoms with Crippen molar-refractivity contribution in [3.63, 3.8) is 0 Å². The van der Waals surface area contributed by atoms with Crippen LogP contribution in [0.4, 0.5) is 5.69 Å². The van der Waals surface area contributed by atoms with E-state index in [4.69, 9.17) is 19.9 Å². The number of ether oxygens (including phenoxy) is 3. The van der Waals surface area contributed by atoms with Gasteiger partial charge in [0.1, 0.15) is 0 Å². The highest BCUT2D eigenvalue weighted by molar-refractivity contribution is 7.80. The molecule has 0 saturated carbocycles. The van der Waals surface area contributed by atoms with Crippen molar-refractivity contribution in [2.75, 3.05) is 26.8 Å². The van der Waals surface area contributed by atoms with Crippen molar-refractivity contribution in [3.8, 4) is 17.2 Å². The van der Waals surface area contributed by atoms with Crippen LogP contribution in [0.1, 0.15) is 0 Å². The van der Waals surface area contributed by atoms with Crippen LogP contribution in [-0.4, -0.2) is 26.4 Å². The maximum Gasteiger partial charge on any atom is 0.203 e. The second-order valence-electron chi connectivity index (χ2n) is 3.03. The Bertz CT molecular complexity index is 387. The molecule has 0 aliphatic rings. The van der Waals surface area contributed by atoms with Gasteiger partial charge >= 0.3 is 0 Å². The van der Waals surface area contributed by atoms with Crippen LogP contribution in [0, 0.1) is 0 Å². The van der Waals surface area contributed by atoms with Crippen LogP contribution in [0.25, 0.3) is 0 Å². The van der Waals surface area contributed by atoms with Crippen molar-refractivity contribution in [1.29, 1.82) is 0 Å². The third kappa shape index (κ3) is 3.28. The van der Waals surface area contributed by atoms with E-state index in [9.17, 15) is 0 Å². The first-order chi connectivity index (χ1) is 8.12. The molecule has 0 fully saturated rings. The first-order valence-corrected chi connectivity index (χ1v) is 5.14. The van der Waals surface area contributed by atoms with E-state index >= 15 is 0 Å². The van der Waals surface area contributed by atoms with Gasteiger partial charge in [0.15, 0.2) is 16.6 Å². The van der Waals surface area contributed by atoms with E-state index in [1.165, 1.54) is 0 Å². The van der Waals surface area contributed by atoms with Gasteiger partial charge in [0.25, 0.3) is 0 Å². The molecule has 0 unspecified atom stereocenters. The van der Waals surface area contributed by atoms with Gasteiger partial charge in [0.05, 0.1) is 27.0 Å². The van der Waals surface area contributed by atoms with Crippen molar-refractivity contribution in [1.82, 2.24) is 5.43 Å². The minimum absolute atomic E-state index is 0.138. The number of hydrogen-bond acceptors (Lipinski definition) is 5. The molecule has 1 rings (SSSR count). The standard InChI is InChI=1S/C10H15N3O3S/c1-14-7-4-6(12-13-10(11)17)5-8(15-2)9(7)16-3/h4-5,12H,1-3H3,(H3,11,13,17). The molecule has 94 valence electrons. The summed E-state index contributed by atoms with van der Waals surface area (Å²) >= 11 is 4.68. The number of anilines is 1. The molecule has 0 spiro atoms. The largest absolute Gasteiger partial charge is 0.493 e. The molecular weight excluding hydrogens is 242 g/mol. The van der Waals surface area contributed by atoms with Crippen LogP contribution in [0.5, 0.6) is 17.2 Å². The lowest BCUT2D eigenvalue weighted by atomic mass is 10.2. The molecule has 1 aromatic carbocycles. The number of thiocarbonyl (C=S) groups is 1. The number of hydrogen-bond donors (Lipinski definition) is 3. The topological polar surface area (TPSA) is 77.8 Å². The Labute approximate surface area is 105 Å². The summed E-state index contributed by atoms with van der Waals surface area (Å²) in [5.41, 5.74) is 11.4. The number of nitrogens with one attached hydrogen (secondary N) is 2. The highest BCUT2D eigenvalue weighted by atomic mass is 32.1. The molecule has 0 heterocycles. The molecule has 0 atom stereocenters. The predicted molar refractivity (Wildman–Crippen MR) is 69.6 cm³/mol. The van der Waals surface area contributed by atoms with Crippen molar-refractivity contribution in [3.05, 3.63) is 12.1 Å². The summed E-state index contributed by atoms with van der Waals surface area (Å²) in [5, 5.41) is 0.138. The second-order valence-corrected chi connectivity index (χ2v) is 3.47. The number of rotatable bonds is 5. The van der Waals surface area contributed by atoms with E-state index in [0.717, 1.165) is 0 Å². The Kier molecular flexibility index (Phi) is 4.65. The number of hydrazine groups is 1. The lowest BCUT2D eigenvalue weighted by molar-refractivity contribution is 0.324. The second kappa shape index (κ2) is 6.00. The SMILES string of the molecule is COc1cc(NNC(N)=S)cc(OC)c1OC. The summed E-state index contributed by atoms with van der Waals surface area (Å²) in [5.74, 6) is 1.61. The molecule has 0 aliphatic carbocycles. The van der Waals surface area contributed by atoms with Crippen LogP contribution < -0.4 is 30.8 Å². The highest BCUT2D eigenvalue weighted by Crippen LogP contribution is 2.39. The minimum Gasteiger partial charge on any atom is -0.493 e. The van der Waals surface area contributed by atoms with Gasteiger partial charge in [-0.1, -0.05) is 0 Å². The van der Waals surface area contributed by atoms with Crippen molar-refractivity contribution >= 4 is 23.0 Å². The van der Waals surface area contributed by atoms with E-state index < -0.39 is 0 Å². The quantitative estimate of drug-likeness (QED) is 0.533. The van der Waals surface area contributed by atoms with Gasteiger partial charge in [0, 0.05) is 12.1 Å². The average molecular weight is 257 g/mol. The summed E-state index contributed by atoms with van der Waals surface area (Å²) in [6, 6.07) is 3.46. The molecule has 7 heteroatoms. The number of benzene rings is 1. The van der Waals surface area contributed by atoms with Crippen LogP contribution in [0.15, 0.2) is 12.1 Å². The van der Waals surface area contributed by atoms with E-state index in [1.807, 2.05) is 0 Å². The summed E-state index contributed by atoms with van der Waals surface area (Å²) < 4.78 is 15.6. The lowest BCUT2D eigenvalue weighted by Crippen LogP contribution is -2.33. The maximum atomic E-state index is 5.31. The zero-order valence-corrected chi connectivity index (χ0v) is 10.7. The molecule has 6 nitrogen and oxygen atoms in total. The Morgan fingerprint density at radius 1 is 1.12 bits per heavy atom. The van der Waals surface area contributed by atoms with Gasteiger partial charge < -0.3 is 19.9 Å². The van der Waals surface area contributed by atoms with Crippen LogP contribution in [-0.2, 0) is 0 Å². The molecule has 17 heavy (non-hydrogen) atoms. The van der Waals surface area contributed by atoms with E-state index in [0.29, 0.717) is 22.9 Å². The van der Waals surface area contributed by atoms with Crippen molar-refractivity contribution in [2.24, 2.45) is 5.73 Å². The summed E-state index contributed by atoms with van der Waals surface area (Å²) in [4.78, 5) is 0. The average Bonchev–Trinajstić information content (AvgIpc) is 2.34. The van der Waals surface area contributed by atoms with Gasteiger partial charge in [0.2, 0.25) is 5.75 Å². The molecule has 0 saturated heterocycles. The molecule has 0 amide bonds. The molecule has 4 N–H and O–H groups in total. The van der Waals surface area contributed by atoms with E-state index in [2.05, 4.69) is 23.1 Å². The van der Waals surface area contributed by atoms with E-state index in [-0.39, 0.29) is 5.11 Å². The lowest BCUT2D eigenvalue weighted by Gasteiger charge is -2.15. The number of nitrogens with two attached hydrogens (primary N) is 1. The van der Waals surface area contributed by atoms with Gasteiger partial charge in [-0.15, -0.1) is 0 Å². The fourth-order valence-electron chi connectivity index (χ4n) is 1.29. The summed E-state index contributed by atoms with van der Waals surface area (Å²) in [6.07, 6.45) is 0. The fourth-order valence-corrected chi connectivity index (χ4v) is 1.34. The Hall–Kier alpha value is -1.89. The third-order valence-corrected chi connectivity index (χ3v) is 2.10. The predicted octanol–water partition coefficient (Wildman–Crippen LogP) is 0.873. The summed E-state index contributed by atoms with van der Waals surface area (Å²) in [7, 11) is 4.63. The zero-order chi connectivity index (χ0) is 12.8. The monoisotopic (exact) mass is 257 g/mol. The fraction of sp³-hybridized carbons (Fsp3) is 0.300. The molecule has 1 aromatic rings. The highest BCUT2D eigenvalue weighted by Gasteiger charge is 2.12. The first-order valence-electron chi connectivity index (χ1n) is 4.73. The van der Waals surface area contributed by atoms with Crippen LogP contribution >= 0.6 is 12.2 Å². The van der Waals surface area contributed by atoms with Gasteiger partial charge in [-0.05, 0) is 12.2 Å². The van der Waals surface area contributed by atoms with Crippen molar-refractivity contribution < 1.29 is 14.2 Å². The zero-order valence-electron chi connectivity index (χ0n) is 9.87.